The molecule has 1 nitrogen and oxygen atoms in total. The Morgan fingerprint density at radius 3 is 2.00 bits per heavy atom. The lowest BCUT2D eigenvalue weighted by Crippen LogP contribution is -2.12. The van der Waals surface area contributed by atoms with Crippen LogP contribution in [0.15, 0.2) is 66.9 Å². The van der Waals surface area contributed by atoms with Crippen molar-refractivity contribution in [2.45, 2.75) is 78.8 Å². The van der Waals surface area contributed by atoms with Crippen LogP contribution in [0.5, 0.6) is 11.5 Å². The van der Waals surface area contributed by atoms with Crippen LogP contribution in [0.2, 0.25) is 0 Å². The van der Waals surface area contributed by atoms with Crippen LogP contribution in [0, 0.1) is 0 Å². The monoisotopic (exact) mass is 458 g/mol. The molecule has 2 aromatic rings. The molecule has 0 fully saturated rings. The van der Waals surface area contributed by atoms with Gasteiger partial charge in [-0.2, -0.15) is 0 Å². The molecule has 0 aliphatic carbocycles. The zero-order valence-electron chi connectivity index (χ0n) is 20.8. The van der Waals surface area contributed by atoms with Crippen LogP contribution in [0.4, 0.5) is 13.2 Å². The van der Waals surface area contributed by atoms with E-state index in [4.69, 9.17) is 4.74 Å². The fourth-order valence-corrected chi connectivity index (χ4v) is 3.12. The summed E-state index contributed by atoms with van der Waals surface area (Å²) in [4.78, 5) is 0. The third kappa shape index (κ3) is 9.35. The highest BCUT2D eigenvalue weighted by Crippen LogP contribution is 2.37. The Balaban J connectivity index is 0.00000172. The van der Waals surface area contributed by atoms with E-state index in [-0.39, 0.29) is 5.56 Å². The Kier molecular flexibility index (Phi) is 11.2. The molecular formula is C29H37F3O. The van der Waals surface area contributed by atoms with Crippen LogP contribution in [0.25, 0.3) is 5.57 Å². The Bertz CT molecular complexity index is 938. The number of hydrogen-bond donors (Lipinski definition) is 0. The van der Waals surface area contributed by atoms with Gasteiger partial charge in [0.15, 0.2) is 0 Å². The molecule has 180 valence electrons. The van der Waals surface area contributed by atoms with E-state index >= 15 is 4.39 Å². The number of rotatable bonds is 9. The molecule has 0 amide bonds. The quantitative estimate of drug-likeness (QED) is 0.268. The molecule has 0 aliphatic rings. The Morgan fingerprint density at radius 2 is 1.52 bits per heavy atom. The Morgan fingerprint density at radius 1 is 0.939 bits per heavy atom. The van der Waals surface area contributed by atoms with Crippen LogP contribution in [0.3, 0.4) is 0 Å². The van der Waals surface area contributed by atoms with Gasteiger partial charge >= 0.3 is 0 Å². The standard InChI is InChI=1S/C26H29F3O.C3H8/c1-6-8-9-10-11-19(7-2)23-17-16-22(18-24(23)25(3,4)27)30-21-14-12-20(13-15-21)26(5,28)29;1-3-2/h8-9,12-18H,2,6,10-11H2,1,3-5H3;3H2,1-2H3/b9-8-;. The molecule has 0 bridgehead atoms. The summed E-state index contributed by atoms with van der Waals surface area (Å²) >= 11 is 0. The van der Waals surface area contributed by atoms with Crippen LogP contribution in [-0.4, -0.2) is 0 Å². The lowest BCUT2D eigenvalue weighted by Gasteiger charge is -2.21. The van der Waals surface area contributed by atoms with Crippen molar-refractivity contribution >= 4 is 5.57 Å². The average molecular weight is 459 g/mol. The zero-order valence-corrected chi connectivity index (χ0v) is 20.8. The van der Waals surface area contributed by atoms with Crippen LogP contribution in [0.1, 0.15) is 83.9 Å². The van der Waals surface area contributed by atoms with Crippen molar-refractivity contribution < 1.29 is 17.9 Å². The van der Waals surface area contributed by atoms with Crippen molar-refractivity contribution in [1.82, 2.24) is 0 Å². The van der Waals surface area contributed by atoms with E-state index in [0.717, 1.165) is 30.9 Å². The lowest BCUT2D eigenvalue weighted by atomic mass is 9.89. The fourth-order valence-electron chi connectivity index (χ4n) is 3.12. The van der Waals surface area contributed by atoms with Gasteiger partial charge in [0.05, 0.1) is 0 Å². The highest BCUT2D eigenvalue weighted by atomic mass is 19.3. The summed E-state index contributed by atoms with van der Waals surface area (Å²) < 4.78 is 47.6. The average Bonchev–Trinajstić information content (AvgIpc) is 2.74. The first kappa shape index (κ1) is 28.3. The molecule has 33 heavy (non-hydrogen) atoms. The number of ether oxygens (including phenoxy) is 1. The maximum atomic E-state index is 15.0. The fraction of sp³-hybridized carbons (Fsp3) is 0.414. The molecule has 0 saturated heterocycles. The van der Waals surface area contributed by atoms with Gasteiger partial charge in [-0.3, -0.25) is 0 Å². The van der Waals surface area contributed by atoms with Gasteiger partial charge in [0.1, 0.15) is 17.2 Å². The summed E-state index contributed by atoms with van der Waals surface area (Å²) in [6.45, 7) is 13.9. The van der Waals surface area contributed by atoms with Crippen molar-refractivity contribution in [1.29, 1.82) is 0 Å². The van der Waals surface area contributed by atoms with E-state index in [1.807, 2.05) is 0 Å². The molecule has 2 aromatic carbocycles. The molecule has 0 unspecified atom stereocenters. The van der Waals surface area contributed by atoms with Gasteiger partial charge in [0, 0.05) is 23.6 Å². The molecular weight excluding hydrogens is 421 g/mol. The van der Waals surface area contributed by atoms with Gasteiger partial charge in [-0.1, -0.05) is 45.9 Å². The molecule has 0 heterocycles. The van der Waals surface area contributed by atoms with Gasteiger partial charge in [0.2, 0.25) is 0 Å². The van der Waals surface area contributed by atoms with E-state index < -0.39 is 11.6 Å². The van der Waals surface area contributed by atoms with E-state index in [9.17, 15) is 8.78 Å². The normalized spacial score (nSPS) is 11.5. The van der Waals surface area contributed by atoms with Crippen LogP contribution in [-0.2, 0) is 11.6 Å². The minimum absolute atomic E-state index is 0.0892. The highest BCUT2D eigenvalue weighted by Gasteiger charge is 2.25. The number of hydrogen-bond acceptors (Lipinski definition) is 1. The third-order valence-corrected chi connectivity index (χ3v) is 4.73. The van der Waals surface area contributed by atoms with Crippen molar-refractivity contribution in [3.8, 4) is 11.5 Å². The van der Waals surface area contributed by atoms with Crippen molar-refractivity contribution in [2.75, 3.05) is 0 Å². The van der Waals surface area contributed by atoms with E-state index in [1.165, 1.54) is 44.5 Å². The summed E-state index contributed by atoms with van der Waals surface area (Å²) in [5.74, 6) is -2.07. The molecule has 0 atom stereocenters. The Labute approximate surface area is 197 Å². The van der Waals surface area contributed by atoms with E-state index in [1.54, 1.807) is 18.2 Å². The minimum atomic E-state index is -2.91. The molecule has 0 aliphatic heterocycles. The summed E-state index contributed by atoms with van der Waals surface area (Å²) in [6.07, 6.45) is 7.94. The molecule has 0 spiro atoms. The summed E-state index contributed by atoms with van der Waals surface area (Å²) in [7, 11) is 0. The molecule has 0 N–H and O–H groups in total. The second-order valence-corrected chi connectivity index (χ2v) is 8.48. The first-order chi connectivity index (χ1) is 15.5. The highest BCUT2D eigenvalue weighted by molar-refractivity contribution is 5.69. The number of allylic oxidation sites excluding steroid dienone is 3. The van der Waals surface area contributed by atoms with Crippen molar-refractivity contribution in [3.05, 3.63) is 83.6 Å². The summed E-state index contributed by atoms with van der Waals surface area (Å²) in [5, 5.41) is 0. The molecule has 0 saturated carbocycles. The molecule has 0 radical (unpaired) electrons. The third-order valence-electron chi connectivity index (χ3n) is 4.73. The molecule has 0 aromatic heterocycles. The second-order valence-electron chi connectivity index (χ2n) is 8.48. The first-order valence-corrected chi connectivity index (χ1v) is 11.5. The molecule has 2 rings (SSSR count). The van der Waals surface area contributed by atoms with Crippen molar-refractivity contribution in [3.63, 3.8) is 0 Å². The number of benzene rings is 2. The van der Waals surface area contributed by atoms with E-state index in [0.29, 0.717) is 23.5 Å². The predicted octanol–water partition coefficient (Wildman–Crippen LogP) is 10.1. The van der Waals surface area contributed by atoms with Gasteiger partial charge in [-0.05, 0) is 81.1 Å². The maximum absolute atomic E-state index is 15.0. The van der Waals surface area contributed by atoms with Gasteiger partial charge in [-0.25, -0.2) is 13.2 Å². The van der Waals surface area contributed by atoms with Crippen molar-refractivity contribution in [2.24, 2.45) is 0 Å². The van der Waals surface area contributed by atoms with Crippen LogP contribution >= 0.6 is 0 Å². The first-order valence-electron chi connectivity index (χ1n) is 11.5. The van der Waals surface area contributed by atoms with Crippen LogP contribution < -0.4 is 4.74 Å². The number of halogens is 3. The predicted molar refractivity (Wildman–Crippen MR) is 134 cm³/mol. The maximum Gasteiger partial charge on any atom is 0.270 e. The summed E-state index contributed by atoms with van der Waals surface area (Å²) in [5.41, 5.74) is 3.32. The Hall–Kier alpha value is -2.71. The summed E-state index contributed by atoms with van der Waals surface area (Å²) in [6, 6.07) is 10.8. The topological polar surface area (TPSA) is 9.23 Å². The van der Waals surface area contributed by atoms with Gasteiger partial charge in [-0.15, -0.1) is 5.73 Å². The SMILES string of the molecule is C=C=C(CC/C=C\CC)c1ccc(Oc2ccc(C(C)(F)F)cc2)cc1C(C)(C)F.CCC. The van der Waals surface area contributed by atoms with Gasteiger partial charge < -0.3 is 4.74 Å². The minimum Gasteiger partial charge on any atom is -0.457 e. The zero-order chi connectivity index (χ0) is 25.1. The smallest absolute Gasteiger partial charge is 0.270 e. The molecule has 4 heteroatoms. The van der Waals surface area contributed by atoms with E-state index in [2.05, 4.69) is 45.2 Å². The van der Waals surface area contributed by atoms with Gasteiger partial charge in [0.25, 0.3) is 5.92 Å². The second kappa shape index (κ2) is 13.1. The lowest BCUT2D eigenvalue weighted by molar-refractivity contribution is 0.0174. The largest absolute Gasteiger partial charge is 0.457 e. The number of alkyl halides is 3.